The number of allylic oxidation sites excluding steroid dienone is 2. The summed E-state index contributed by atoms with van der Waals surface area (Å²) in [6.07, 6.45) is 8.48. The minimum atomic E-state index is -1.19. The number of ether oxygens (including phenoxy) is 1. The van der Waals surface area contributed by atoms with Crippen molar-refractivity contribution in [2.75, 3.05) is 0 Å². The number of unbranched alkanes of at least 4 members (excludes halogenated alkanes) is 3. The fourth-order valence-electron chi connectivity index (χ4n) is 1.58. The van der Waals surface area contributed by atoms with Gasteiger partial charge in [0, 0.05) is 12.5 Å². The largest absolute Gasteiger partial charge is 0.478 e. The number of carbonyl (C=O) groups is 3. The van der Waals surface area contributed by atoms with Crippen molar-refractivity contribution in [2.24, 2.45) is 0 Å². The lowest BCUT2D eigenvalue weighted by molar-refractivity contribution is -0.135. The van der Waals surface area contributed by atoms with E-state index in [2.05, 4.69) is 13.5 Å². The van der Waals surface area contributed by atoms with Crippen LogP contribution in [0.15, 0.2) is 36.1 Å². The molecule has 0 saturated carbocycles. The summed E-state index contributed by atoms with van der Waals surface area (Å²) in [5.41, 5.74) is -0.105. The van der Waals surface area contributed by atoms with Crippen LogP contribution in [0.1, 0.15) is 59.8 Å². The molecule has 25 heavy (non-hydrogen) atoms. The van der Waals surface area contributed by atoms with E-state index in [1.807, 2.05) is 6.08 Å². The zero-order chi connectivity index (χ0) is 19.8. The Morgan fingerprint density at radius 2 is 1.80 bits per heavy atom. The quantitative estimate of drug-likeness (QED) is 0.269. The fraction of sp³-hybridized carbons (Fsp3) is 0.526. The number of carbonyl (C=O) groups excluding carboxylic acids is 2. The maximum atomic E-state index is 10.9. The van der Waals surface area contributed by atoms with Crippen LogP contribution in [0.5, 0.6) is 0 Å². The molecule has 6 heteroatoms. The molecule has 0 amide bonds. The Labute approximate surface area is 149 Å². The van der Waals surface area contributed by atoms with Gasteiger partial charge in [-0.05, 0) is 39.7 Å². The second-order valence-electron chi connectivity index (χ2n) is 5.54. The third-order valence-electron chi connectivity index (χ3n) is 2.94. The van der Waals surface area contributed by atoms with Crippen LogP contribution in [0.3, 0.4) is 0 Å². The predicted molar refractivity (Wildman–Crippen MR) is 96.9 cm³/mol. The average molecular weight is 354 g/mol. The van der Waals surface area contributed by atoms with Gasteiger partial charge in [-0.3, -0.25) is 4.79 Å². The summed E-state index contributed by atoms with van der Waals surface area (Å²) in [4.78, 5) is 31.9. The molecule has 142 valence electrons. The maximum Gasteiger partial charge on any atom is 0.335 e. The highest BCUT2D eigenvalue weighted by Crippen LogP contribution is 2.14. The number of aliphatic carboxylic acids is 1. The molecule has 0 aromatic carbocycles. The fourth-order valence-corrected chi connectivity index (χ4v) is 1.58. The first-order valence-corrected chi connectivity index (χ1v) is 8.28. The number of carboxylic acids is 1. The van der Waals surface area contributed by atoms with E-state index < -0.39 is 18.0 Å². The molecule has 0 fully saturated rings. The van der Waals surface area contributed by atoms with Crippen LogP contribution >= 0.6 is 0 Å². The van der Waals surface area contributed by atoms with Gasteiger partial charge in [0.15, 0.2) is 5.78 Å². The second-order valence-corrected chi connectivity index (χ2v) is 5.54. The number of hydrogen-bond donors (Lipinski definition) is 2. The predicted octanol–water partition coefficient (Wildman–Crippen LogP) is 3.56. The number of aliphatic hydroxyl groups is 1. The van der Waals surface area contributed by atoms with Gasteiger partial charge in [0.2, 0.25) is 0 Å². The molecule has 1 atom stereocenters. The number of ketones is 1. The molecule has 6 nitrogen and oxygen atoms in total. The lowest BCUT2D eigenvalue weighted by atomic mass is 10.1. The molecule has 0 aromatic heterocycles. The minimum Gasteiger partial charge on any atom is -0.478 e. The first-order valence-electron chi connectivity index (χ1n) is 8.28. The zero-order valence-corrected chi connectivity index (χ0v) is 15.6. The lowest BCUT2D eigenvalue weighted by Gasteiger charge is -2.10. The molecule has 1 unspecified atom stereocenters. The number of rotatable bonds is 10. The Kier molecular flexibility index (Phi) is 15.3. The molecule has 0 heterocycles. The van der Waals surface area contributed by atoms with Gasteiger partial charge < -0.3 is 14.9 Å². The molecular weight excluding hydrogens is 324 g/mol. The van der Waals surface area contributed by atoms with E-state index in [4.69, 9.17) is 14.9 Å². The molecule has 0 spiro atoms. The highest BCUT2D eigenvalue weighted by atomic mass is 16.5. The van der Waals surface area contributed by atoms with Crippen molar-refractivity contribution < 1.29 is 29.3 Å². The third-order valence-corrected chi connectivity index (χ3v) is 2.94. The van der Waals surface area contributed by atoms with Crippen LogP contribution in [-0.2, 0) is 19.1 Å². The standard InChI is InChI=1S/C10H14O5.C9H16O/c1-4-9(12)15-8(5-6(2)11)7(3)10(13)14;1-3-4-5-6-7-8-9(2)10/h4,6,11H,1,5H2,2-3H3,(H,13,14);7-8H,3-6H2,1-2H3/b;8-7+. The number of aliphatic hydroxyl groups excluding tert-OH is 1. The smallest absolute Gasteiger partial charge is 0.335 e. The van der Waals surface area contributed by atoms with Crippen molar-refractivity contribution in [3.05, 3.63) is 36.1 Å². The van der Waals surface area contributed by atoms with Crippen molar-refractivity contribution >= 4 is 17.7 Å². The maximum absolute atomic E-state index is 10.9. The van der Waals surface area contributed by atoms with Gasteiger partial charge in [-0.25, -0.2) is 9.59 Å². The zero-order valence-electron chi connectivity index (χ0n) is 15.6. The van der Waals surface area contributed by atoms with Crippen LogP contribution in [0.2, 0.25) is 0 Å². The van der Waals surface area contributed by atoms with Crippen molar-refractivity contribution in [2.45, 2.75) is 65.9 Å². The molecule has 0 rings (SSSR count). The van der Waals surface area contributed by atoms with E-state index in [1.165, 1.54) is 33.1 Å². The van der Waals surface area contributed by atoms with E-state index in [0.29, 0.717) is 0 Å². The Hall–Kier alpha value is -2.21. The monoisotopic (exact) mass is 354 g/mol. The van der Waals surface area contributed by atoms with Gasteiger partial charge in [-0.2, -0.15) is 0 Å². The number of carboxylic acid groups (broad SMARTS) is 1. The molecule has 0 bridgehead atoms. The molecule has 0 radical (unpaired) electrons. The highest BCUT2D eigenvalue weighted by molar-refractivity contribution is 5.88. The van der Waals surface area contributed by atoms with Crippen molar-refractivity contribution in [3.63, 3.8) is 0 Å². The third kappa shape index (κ3) is 16.4. The topological polar surface area (TPSA) is 101 Å². The van der Waals surface area contributed by atoms with Crippen molar-refractivity contribution in [3.8, 4) is 0 Å². The summed E-state index contributed by atoms with van der Waals surface area (Å²) >= 11 is 0. The van der Waals surface area contributed by atoms with Crippen LogP contribution in [0.4, 0.5) is 0 Å². The Morgan fingerprint density at radius 3 is 2.20 bits per heavy atom. The Morgan fingerprint density at radius 1 is 1.20 bits per heavy atom. The molecular formula is C19H30O6. The van der Waals surface area contributed by atoms with Crippen LogP contribution in [-0.4, -0.2) is 34.0 Å². The second kappa shape index (κ2) is 15.3. The summed E-state index contributed by atoms with van der Waals surface area (Å²) in [5, 5.41) is 17.8. The van der Waals surface area contributed by atoms with E-state index in [9.17, 15) is 14.4 Å². The molecule has 2 N–H and O–H groups in total. The molecule has 0 aliphatic carbocycles. The SMILES string of the molecule is C=CC(=O)OC(CC(C)O)=C(C)C(=O)O.CCCCC/C=C/C(C)=O. The van der Waals surface area contributed by atoms with Crippen molar-refractivity contribution in [1.29, 1.82) is 0 Å². The molecule has 0 aromatic rings. The summed E-state index contributed by atoms with van der Waals surface area (Å²) in [7, 11) is 0. The van der Waals surface area contributed by atoms with Gasteiger partial charge in [0.25, 0.3) is 0 Å². The van der Waals surface area contributed by atoms with E-state index in [0.717, 1.165) is 12.5 Å². The van der Waals surface area contributed by atoms with Gasteiger partial charge in [0.05, 0.1) is 11.7 Å². The van der Waals surface area contributed by atoms with Gasteiger partial charge in [0.1, 0.15) is 5.76 Å². The summed E-state index contributed by atoms with van der Waals surface area (Å²) in [6.45, 7) is 9.72. The normalized spacial score (nSPS) is 12.5. The van der Waals surface area contributed by atoms with Crippen LogP contribution < -0.4 is 0 Å². The first-order chi connectivity index (χ1) is 11.6. The van der Waals surface area contributed by atoms with Gasteiger partial charge >= 0.3 is 11.9 Å². The molecule has 0 saturated heterocycles. The Bertz CT molecular complexity index is 500. The Balaban J connectivity index is 0. The summed E-state index contributed by atoms with van der Waals surface area (Å²) in [5.74, 6) is -1.84. The lowest BCUT2D eigenvalue weighted by Crippen LogP contribution is -2.12. The summed E-state index contributed by atoms with van der Waals surface area (Å²) in [6, 6.07) is 0. The van der Waals surface area contributed by atoms with E-state index in [1.54, 1.807) is 13.0 Å². The minimum absolute atomic E-state index is 0.0300. The first kappa shape index (κ1) is 25.0. The average Bonchev–Trinajstić information content (AvgIpc) is 2.53. The van der Waals surface area contributed by atoms with Gasteiger partial charge in [-0.15, -0.1) is 0 Å². The highest BCUT2D eigenvalue weighted by Gasteiger charge is 2.15. The number of esters is 1. The summed E-state index contributed by atoms with van der Waals surface area (Å²) < 4.78 is 4.72. The van der Waals surface area contributed by atoms with Crippen LogP contribution in [0.25, 0.3) is 0 Å². The van der Waals surface area contributed by atoms with Crippen molar-refractivity contribution in [1.82, 2.24) is 0 Å². The number of hydrogen-bond acceptors (Lipinski definition) is 5. The van der Waals surface area contributed by atoms with Crippen LogP contribution in [0, 0.1) is 0 Å². The van der Waals surface area contributed by atoms with E-state index in [-0.39, 0.29) is 23.5 Å². The van der Waals surface area contributed by atoms with Gasteiger partial charge in [-0.1, -0.05) is 32.4 Å². The molecule has 0 aliphatic rings. The molecule has 0 aliphatic heterocycles. The van der Waals surface area contributed by atoms with E-state index >= 15 is 0 Å².